The molecular weight excluding hydrogens is 324 g/mol. The van der Waals surface area contributed by atoms with E-state index in [0.717, 1.165) is 37.9 Å². The van der Waals surface area contributed by atoms with E-state index in [1.54, 1.807) is 18.5 Å². The lowest BCUT2D eigenvalue weighted by Crippen LogP contribution is -2.52. The number of pyridine rings is 1. The Morgan fingerprint density at radius 1 is 1.04 bits per heavy atom. The third-order valence-electron chi connectivity index (χ3n) is 5.33. The fourth-order valence-corrected chi connectivity index (χ4v) is 4.13. The molecule has 1 saturated heterocycles. The van der Waals surface area contributed by atoms with Crippen molar-refractivity contribution in [3.8, 4) is 0 Å². The van der Waals surface area contributed by atoms with Crippen molar-refractivity contribution in [1.29, 1.82) is 0 Å². The van der Waals surface area contributed by atoms with Crippen LogP contribution in [0.15, 0.2) is 24.5 Å². The molecule has 0 spiro atoms. The van der Waals surface area contributed by atoms with Gasteiger partial charge in [0.1, 0.15) is 11.3 Å². The number of halogens is 1. The Kier molecular flexibility index (Phi) is 4.46. The van der Waals surface area contributed by atoms with Crippen LogP contribution in [0.2, 0.25) is 5.02 Å². The molecule has 6 heteroatoms. The number of imidazole rings is 1. The number of amides is 1. The van der Waals surface area contributed by atoms with Crippen molar-refractivity contribution < 1.29 is 4.79 Å². The number of piperazine rings is 1. The zero-order valence-corrected chi connectivity index (χ0v) is 14.6. The quantitative estimate of drug-likeness (QED) is 0.839. The number of aromatic nitrogens is 2. The SMILES string of the molecule is O=C(c1cn2cc(Cl)ccc2n1)N1CCN(C2CCCCC2)CC1. The smallest absolute Gasteiger partial charge is 0.274 e. The van der Waals surface area contributed by atoms with E-state index in [9.17, 15) is 4.79 Å². The highest BCUT2D eigenvalue weighted by atomic mass is 35.5. The number of nitrogens with zero attached hydrogens (tertiary/aromatic N) is 4. The summed E-state index contributed by atoms with van der Waals surface area (Å²) in [6.07, 6.45) is 10.3. The van der Waals surface area contributed by atoms with Gasteiger partial charge in [-0.2, -0.15) is 0 Å². The lowest BCUT2D eigenvalue weighted by Gasteiger charge is -2.40. The molecule has 0 aromatic carbocycles. The second kappa shape index (κ2) is 6.73. The number of hydrogen-bond donors (Lipinski definition) is 0. The van der Waals surface area contributed by atoms with Crippen LogP contribution in [0.3, 0.4) is 0 Å². The van der Waals surface area contributed by atoms with E-state index in [1.807, 2.05) is 15.4 Å². The summed E-state index contributed by atoms with van der Waals surface area (Å²) in [5, 5.41) is 0.639. The topological polar surface area (TPSA) is 40.9 Å². The molecule has 0 N–H and O–H groups in total. The molecule has 0 bridgehead atoms. The molecule has 1 saturated carbocycles. The molecule has 2 aromatic heterocycles. The minimum Gasteiger partial charge on any atom is -0.335 e. The van der Waals surface area contributed by atoms with Gasteiger partial charge >= 0.3 is 0 Å². The fraction of sp³-hybridized carbons (Fsp3) is 0.556. The average molecular weight is 347 g/mol. The van der Waals surface area contributed by atoms with Gasteiger partial charge in [-0.1, -0.05) is 30.9 Å². The highest BCUT2D eigenvalue weighted by molar-refractivity contribution is 6.30. The Morgan fingerprint density at radius 3 is 2.54 bits per heavy atom. The first kappa shape index (κ1) is 15.9. The molecule has 3 heterocycles. The Balaban J connectivity index is 1.41. The van der Waals surface area contributed by atoms with Crippen molar-refractivity contribution in [2.45, 2.75) is 38.1 Å². The maximum absolute atomic E-state index is 12.7. The van der Waals surface area contributed by atoms with E-state index >= 15 is 0 Å². The van der Waals surface area contributed by atoms with E-state index < -0.39 is 0 Å². The standard InChI is InChI=1S/C18H23ClN4O/c19-14-6-7-17-20-16(13-23(17)12-14)18(24)22-10-8-21(9-11-22)15-4-2-1-3-5-15/h6-7,12-13,15H,1-5,8-11H2. The van der Waals surface area contributed by atoms with E-state index in [4.69, 9.17) is 11.6 Å². The second-order valence-corrected chi connectivity index (χ2v) is 7.30. The number of fused-ring (bicyclic) bond motifs is 1. The van der Waals surface area contributed by atoms with Crippen molar-refractivity contribution >= 4 is 23.2 Å². The molecule has 24 heavy (non-hydrogen) atoms. The summed E-state index contributed by atoms with van der Waals surface area (Å²) in [6.45, 7) is 3.55. The van der Waals surface area contributed by atoms with Crippen LogP contribution < -0.4 is 0 Å². The molecule has 1 amide bonds. The Hall–Kier alpha value is -1.59. The summed E-state index contributed by atoms with van der Waals surface area (Å²) < 4.78 is 1.81. The lowest BCUT2D eigenvalue weighted by molar-refractivity contribution is 0.0519. The highest BCUT2D eigenvalue weighted by Crippen LogP contribution is 2.24. The first-order chi connectivity index (χ1) is 11.7. The van der Waals surface area contributed by atoms with Crippen LogP contribution in [0.4, 0.5) is 0 Å². The number of rotatable bonds is 2. The summed E-state index contributed by atoms with van der Waals surface area (Å²) >= 11 is 6.00. The minimum atomic E-state index is 0.0260. The Bertz CT molecular complexity index is 730. The van der Waals surface area contributed by atoms with Crippen LogP contribution in [-0.4, -0.2) is 57.3 Å². The van der Waals surface area contributed by atoms with Crippen LogP contribution in [0.5, 0.6) is 0 Å². The summed E-state index contributed by atoms with van der Waals surface area (Å²) in [6, 6.07) is 4.36. The van der Waals surface area contributed by atoms with E-state index in [2.05, 4.69) is 9.88 Å². The number of carbonyl (C=O) groups excluding carboxylic acids is 1. The monoisotopic (exact) mass is 346 g/mol. The minimum absolute atomic E-state index is 0.0260. The summed E-state index contributed by atoms with van der Waals surface area (Å²) in [7, 11) is 0. The van der Waals surface area contributed by atoms with Gasteiger partial charge in [0.15, 0.2) is 0 Å². The molecule has 0 radical (unpaired) electrons. The van der Waals surface area contributed by atoms with E-state index in [1.165, 1.54) is 32.1 Å². The van der Waals surface area contributed by atoms with Crippen LogP contribution in [0.25, 0.3) is 5.65 Å². The third-order valence-corrected chi connectivity index (χ3v) is 5.55. The molecule has 0 atom stereocenters. The van der Waals surface area contributed by atoms with Crippen molar-refractivity contribution in [3.05, 3.63) is 35.2 Å². The van der Waals surface area contributed by atoms with E-state index in [-0.39, 0.29) is 5.91 Å². The molecule has 2 aromatic rings. The summed E-state index contributed by atoms with van der Waals surface area (Å²) in [5.74, 6) is 0.0260. The first-order valence-electron chi connectivity index (χ1n) is 8.88. The van der Waals surface area contributed by atoms with Gasteiger partial charge in [-0.25, -0.2) is 4.98 Å². The molecule has 5 nitrogen and oxygen atoms in total. The molecule has 128 valence electrons. The maximum Gasteiger partial charge on any atom is 0.274 e. The fourth-order valence-electron chi connectivity index (χ4n) is 3.97. The second-order valence-electron chi connectivity index (χ2n) is 6.86. The van der Waals surface area contributed by atoms with E-state index in [0.29, 0.717) is 10.7 Å². The van der Waals surface area contributed by atoms with Crippen molar-refractivity contribution in [2.24, 2.45) is 0 Å². The van der Waals surface area contributed by atoms with Crippen molar-refractivity contribution in [2.75, 3.05) is 26.2 Å². The molecular formula is C18H23ClN4O. The van der Waals surface area contributed by atoms with Crippen LogP contribution >= 0.6 is 11.6 Å². The predicted octanol–water partition coefficient (Wildman–Crippen LogP) is 3.08. The summed E-state index contributed by atoms with van der Waals surface area (Å²) in [5.41, 5.74) is 1.26. The van der Waals surface area contributed by atoms with Gasteiger partial charge in [0.2, 0.25) is 0 Å². The highest BCUT2D eigenvalue weighted by Gasteiger charge is 2.28. The Labute approximate surface area is 147 Å². The van der Waals surface area contributed by atoms with Gasteiger partial charge in [-0.15, -0.1) is 0 Å². The van der Waals surface area contributed by atoms with Gasteiger partial charge in [-0.05, 0) is 25.0 Å². The average Bonchev–Trinajstić information content (AvgIpc) is 3.05. The molecule has 1 aliphatic heterocycles. The van der Waals surface area contributed by atoms with Gasteiger partial charge in [0.05, 0.1) is 5.02 Å². The van der Waals surface area contributed by atoms with Gasteiger partial charge < -0.3 is 9.30 Å². The molecule has 0 unspecified atom stereocenters. The molecule has 4 rings (SSSR count). The van der Waals surface area contributed by atoms with Crippen LogP contribution in [0.1, 0.15) is 42.6 Å². The third kappa shape index (κ3) is 3.15. The molecule has 1 aliphatic carbocycles. The number of hydrogen-bond acceptors (Lipinski definition) is 3. The van der Waals surface area contributed by atoms with Crippen LogP contribution in [-0.2, 0) is 0 Å². The molecule has 2 fully saturated rings. The molecule has 2 aliphatic rings. The van der Waals surface area contributed by atoms with Gasteiger partial charge in [-0.3, -0.25) is 9.69 Å². The number of carbonyl (C=O) groups is 1. The zero-order valence-electron chi connectivity index (χ0n) is 13.8. The maximum atomic E-state index is 12.7. The van der Waals surface area contributed by atoms with Crippen molar-refractivity contribution in [3.63, 3.8) is 0 Å². The lowest BCUT2D eigenvalue weighted by atomic mass is 9.94. The largest absolute Gasteiger partial charge is 0.335 e. The van der Waals surface area contributed by atoms with Gasteiger partial charge in [0.25, 0.3) is 5.91 Å². The summed E-state index contributed by atoms with van der Waals surface area (Å²) in [4.78, 5) is 21.7. The van der Waals surface area contributed by atoms with Crippen LogP contribution in [0, 0.1) is 0 Å². The van der Waals surface area contributed by atoms with Crippen molar-refractivity contribution in [1.82, 2.24) is 19.2 Å². The Morgan fingerprint density at radius 2 is 1.79 bits per heavy atom. The zero-order chi connectivity index (χ0) is 16.5. The van der Waals surface area contributed by atoms with Gasteiger partial charge in [0, 0.05) is 44.6 Å². The predicted molar refractivity (Wildman–Crippen MR) is 94.6 cm³/mol. The first-order valence-corrected chi connectivity index (χ1v) is 9.26. The normalized spacial score (nSPS) is 20.6.